The summed E-state index contributed by atoms with van der Waals surface area (Å²) in [5.74, 6) is -2.12. The summed E-state index contributed by atoms with van der Waals surface area (Å²) in [7, 11) is -3.96. The summed E-state index contributed by atoms with van der Waals surface area (Å²) < 4.78 is 26.1. The van der Waals surface area contributed by atoms with Gasteiger partial charge in [-0.1, -0.05) is 42.8 Å². The van der Waals surface area contributed by atoms with Crippen LogP contribution in [0, 0.1) is 5.41 Å². The highest BCUT2D eigenvalue weighted by molar-refractivity contribution is 7.92. The lowest BCUT2D eigenvalue weighted by molar-refractivity contribution is -0.145. The number of aliphatic carboxylic acids is 1. The molecule has 138 valence electrons. The monoisotopic (exact) mass is 394 g/mol. The first-order chi connectivity index (χ1) is 12.3. The minimum atomic E-state index is -3.96. The smallest absolute Gasteiger partial charge is 0.314 e. The zero-order chi connectivity index (χ0) is 19.1. The predicted octanol–water partition coefficient (Wildman–Crippen LogP) is 2.91. The molecule has 0 amide bonds. The summed E-state index contributed by atoms with van der Waals surface area (Å²) in [6.07, 6.45) is 0.821. The molecule has 0 bridgehead atoms. The molecule has 2 N–H and O–H groups in total. The van der Waals surface area contributed by atoms with E-state index in [1.807, 2.05) is 19.1 Å². The molecule has 0 unspecified atom stereocenters. The Morgan fingerprint density at radius 2 is 1.69 bits per heavy atom. The van der Waals surface area contributed by atoms with Gasteiger partial charge in [0.1, 0.15) is 5.41 Å². The number of hydrogen-bond donors (Lipinski definition) is 2. The Morgan fingerprint density at radius 1 is 1.12 bits per heavy atom. The second-order valence-electron chi connectivity index (χ2n) is 6.50. The third-order valence-corrected chi connectivity index (χ3v) is 7.68. The second-order valence-corrected chi connectivity index (χ2v) is 9.00. The van der Waals surface area contributed by atoms with Gasteiger partial charge in [0, 0.05) is 10.9 Å². The predicted molar refractivity (Wildman–Crippen MR) is 98.1 cm³/mol. The van der Waals surface area contributed by atoms with Gasteiger partial charge >= 0.3 is 5.97 Å². The number of aliphatic hydroxyl groups is 1. The third-order valence-electron chi connectivity index (χ3n) is 5.14. The average molecular weight is 395 g/mol. The zero-order valence-electron chi connectivity index (χ0n) is 14.1. The van der Waals surface area contributed by atoms with E-state index < -0.39 is 39.0 Å². The Labute approximate surface area is 157 Å². The van der Waals surface area contributed by atoms with Gasteiger partial charge in [-0.15, -0.1) is 0 Å². The van der Waals surface area contributed by atoms with Crippen molar-refractivity contribution in [3.8, 4) is 0 Å². The number of halogens is 1. The van der Waals surface area contributed by atoms with Crippen molar-refractivity contribution in [1.29, 1.82) is 0 Å². The van der Waals surface area contributed by atoms with Gasteiger partial charge in [0.15, 0.2) is 9.84 Å². The van der Waals surface area contributed by atoms with Gasteiger partial charge in [-0.25, -0.2) is 8.42 Å². The van der Waals surface area contributed by atoms with Gasteiger partial charge in [0.2, 0.25) is 0 Å². The number of sulfone groups is 1. The van der Waals surface area contributed by atoms with Gasteiger partial charge in [-0.2, -0.15) is 0 Å². The van der Waals surface area contributed by atoms with Crippen LogP contribution in [0.4, 0.5) is 0 Å². The Kier molecular flexibility index (Phi) is 4.86. The van der Waals surface area contributed by atoms with E-state index >= 15 is 0 Å². The fourth-order valence-corrected chi connectivity index (χ4v) is 6.07. The van der Waals surface area contributed by atoms with Crippen LogP contribution in [-0.4, -0.2) is 36.5 Å². The normalized spacial score (nSPS) is 25.0. The fourth-order valence-electron chi connectivity index (χ4n) is 3.58. The number of carboxylic acid groups (broad SMARTS) is 1. The van der Waals surface area contributed by atoms with Crippen LogP contribution in [0.25, 0.3) is 0 Å². The first kappa shape index (κ1) is 18.9. The lowest BCUT2D eigenvalue weighted by Crippen LogP contribution is -2.27. The molecule has 1 fully saturated rings. The van der Waals surface area contributed by atoms with E-state index in [0.717, 1.165) is 12.0 Å². The van der Waals surface area contributed by atoms with Crippen molar-refractivity contribution < 1.29 is 23.4 Å². The highest BCUT2D eigenvalue weighted by atomic mass is 35.5. The number of rotatable bonds is 6. The molecule has 1 aliphatic carbocycles. The van der Waals surface area contributed by atoms with Crippen molar-refractivity contribution in [2.45, 2.75) is 29.4 Å². The lowest BCUT2D eigenvalue weighted by Gasteiger charge is -2.09. The van der Waals surface area contributed by atoms with Gasteiger partial charge in [-0.3, -0.25) is 4.79 Å². The summed E-state index contributed by atoms with van der Waals surface area (Å²) in [5, 5.41) is 18.7. The molecule has 3 rings (SSSR count). The van der Waals surface area contributed by atoms with E-state index in [1.54, 1.807) is 12.1 Å². The summed E-state index contributed by atoms with van der Waals surface area (Å²) in [4.78, 5) is 11.9. The zero-order valence-corrected chi connectivity index (χ0v) is 15.7. The molecule has 5 nitrogen and oxygen atoms in total. The highest BCUT2D eigenvalue weighted by Gasteiger charge is 2.75. The molecule has 1 saturated carbocycles. The molecule has 7 heteroatoms. The Hall–Kier alpha value is -1.89. The molecule has 3 atom stereocenters. The minimum absolute atomic E-state index is 0.00125. The highest BCUT2D eigenvalue weighted by Crippen LogP contribution is 2.64. The van der Waals surface area contributed by atoms with Crippen molar-refractivity contribution in [2.75, 3.05) is 6.61 Å². The maximum atomic E-state index is 13.1. The van der Waals surface area contributed by atoms with Gasteiger partial charge < -0.3 is 10.2 Å². The lowest BCUT2D eigenvalue weighted by atomic mass is 9.99. The standard InChI is InChI=1S/C19H19ClO5S/c1-2-12-3-5-13(6-4-12)16-17(19(16,11-21)18(22)23)26(24,25)15-9-7-14(20)8-10-15/h3-10,16-17,21H,2,11H2,1H3,(H,22,23)/t16-,17-,19-/m0/s1. The van der Waals surface area contributed by atoms with E-state index in [4.69, 9.17) is 11.6 Å². The Morgan fingerprint density at radius 3 is 2.15 bits per heavy atom. The van der Waals surface area contributed by atoms with E-state index in [1.165, 1.54) is 24.3 Å². The van der Waals surface area contributed by atoms with Crippen LogP contribution in [0.1, 0.15) is 24.0 Å². The Bertz CT molecular complexity index is 921. The molecular formula is C19H19ClO5S. The topological polar surface area (TPSA) is 91.7 Å². The molecular weight excluding hydrogens is 376 g/mol. The van der Waals surface area contributed by atoms with Crippen LogP contribution < -0.4 is 0 Å². The number of benzene rings is 2. The third kappa shape index (κ3) is 2.82. The number of carboxylic acids is 1. The molecule has 0 heterocycles. The molecule has 0 spiro atoms. The number of aliphatic hydroxyl groups excluding tert-OH is 1. The number of carbonyl (C=O) groups is 1. The second kappa shape index (κ2) is 6.68. The molecule has 0 aliphatic heterocycles. The van der Waals surface area contributed by atoms with E-state index in [2.05, 4.69) is 0 Å². The molecule has 2 aromatic carbocycles. The molecule has 0 saturated heterocycles. The van der Waals surface area contributed by atoms with Crippen LogP contribution in [-0.2, 0) is 21.1 Å². The quantitative estimate of drug-likeness (QED) is 0.786. The summed E-state index contributed by atoms with van der Waals surface area (Å²) in [6.45, 7) is 1.25. The van der Waals surface area contributed by atoms with Gasteiger partial charge in [0.25, 0.3) is 0 Å². The van der Waals surface area contributed by atoms with Crippen molar-refractivity contribution in [1.82, 2.24) is 0 Å². The molecule has 26 heavy (non-hydrogen) atoms. The number of aryl methyl sites for hydroxylation is 1. The van der Waals surface area contributed by atoms with Crippen LogP contribution in [0.5, 0.6) is 0 Å². The first-order valence-electron chi connectivity index (χ1n) is 8.21. The summed E-state index contributed by atoms with van der Waals surface area (Å²) in [6, 6.07) is 12.8. The summed E-state index contributed by atoms with van der Waals surface area (Å²) >= 11 is 5.81. The van der Waals surface area contributed by atoms with E-state index in [9.17, 15) is 23.4 Å². The van der Waals surface area contributed by atoms with Crippen LogP contribution in [0.15, 0.2) is 53.4 Å². The molecule has 0 aromatic heterocycles. The van der Waals surface area contributed by atoms with Gasteiger partial charge in [-0.05, 0) is 41.8 Å². The number of hydrogen-bond acceptors (Lipinski definition) is 4. The van der Waals surface area contributed by atoms with E-state index in [-0.39, 0.29) is 4.90 Å². The van der Waals surface area contributed by atoms with Crippen molar-refractivity contribution in [3.63, 3.8) is 0 Å². The minimum Gasteiger partial charge on any atom is -0.481 e. The largest absolute Gasteiger partial charge is 0.481 e. The molecule has 2 aromatic rings. The molecule has 0 radical (unpaired) electrons. The van der Waals surface area contributed by atoms with Crippen molar-refractivity contribution in [2.24, 2.45) is 5.41 Å². The van der Waals surface area contributed by atoms with Crippen molar-refractivity contribution >= 4 is 27.4 Å². The fraction of sp³-hybridized carbons (Fsp3) is 0.316. The van der Waals surface area contributed by atoms with Crippen LogP contribution >= 0.6 is 11.6 Å². The van der Waals surface area contributed by atoms with Crippen LogP contribution in [0.2, 0.25) is 5.02 Å². The SMILES string of the molecule is CCc1ccc([C@H]2[C@H](S(=O)(=O)c3ccc(Cl)cc3)[C@@]2(CO)C(=O)O)cc1. The summed E-state index contributed by atoms with van der Waals surface area (Å²) in [5.41, 5.74) is -0.0794. The maximum Gasteiger partial charge on any atom is 0.314 e. The van der Waals surface area contributed by atoms with Crippen molar-refractivity contribution in [3.05, 3.63) is 64.7 Å². The molecule has 1 aliphatic rings. The van der Waals surface area contributed by atoms with E-state index in [0.29, 0.717) is 10.6 Å². The maximum absolute atomic E-state index is 13.1. The first-order valence-corrected chi connectivity index (χ1v) is 10.1. The van der Waals surface area contributed by atoms with Gasteiger partial charge in [0.05, 0.1) is 16.8 Å². The Balaban J connectivity index is 2.08. The van der Waals surface area contributed by atoms with Crippen LogP contribution in [0.3, 0.4) is 0 Å². The average Bonchev–Trinajstić information content (AvgIpc) is 3.34.